The Kier molecular flexibility index (Phi) is 4.56. The summed E-state index contributed by atoms with van der Waals surface area (Å²) in [5.74, 6) is -0.0944. The van der Waals surface area contributed by atoms with Crippen molar-refractivity contribution in [3.05, 3.63) is 69.5 Å². The van der Waals surface area contributed by atoms with Crippen molar-refractivity contribution in [1.29, 1.82) is 0 Å². The lowest BCUT2D eigenvalue weighted by Gasteiger charge is -2.09. The third-order valence-corrected chi connectivity index (χ3v) is 3.44. The molecular weight excluding hydrogens is 249 g/mol. The Bertz CT molecular complexity index is 574. The summed E-state index contributed by atoms with van der Waals surface area (Å²) in [6.45, 7) is 9.45. The van der Waals surface area contributed by atoms with E-state index in [0.29, 0.717) is 11.1 Å². The highest BCUT2D eigenvalue weighted by atomic mass is 19.1. The second-order valence-electron chi connectivity index (χ2n) is 5.64. The van der Waals surface area contributed by atoms with E-state index in [1.807, 2.05) is 26.0 Å². The molecule has 1 nitrogen and oxygen atoms in total. The standard InChI is InChI=1S/C18H22FN/c1-12-5-13(2)7-16(6-12)10-20-11-17-8-14(3)18(19)15(4)9-17/h5-9,20H,10-11H2,1-4H3. The van der Waals surface area contributed by atoms with Gasteiger partial charge < -0.3 is 5.32 Å². The summed E-state index contributed by atoms with van der Waals surface area (Å²) in [5, 5.41) is 3.42. The second-order valence-corrected chi connectivity index (χ2v) is 5.64. The summed E-state index contributed by atoms with van der Waals surface area (Å²) >= 11 is 0. The summed E-state index contributed by atoms with van der Waals surface area (Å²) < 4.78 is 13.6. The van der Waals surface area contributed by atoms with E-state index in [4.69, 9.17) is 0 Å². The van der Waals surface area contributed by atoms with Gasteiger partial charge in [0.2, 0.25) is 0 Å². The van der Waals surface area contributed by atoms with Gasteiger partial charge in [-0.15, -0.1) is 0 Å². The van der Waals surface area contributed by atoms with Crippen LogP contribution in [0.25, 0.3) is 0 Å². The zero-order chi connectivity index (χ0) is 14.7. The maximum atomic E-state index is 13.6. The summed E-state index contributed by atoms with van der Waals surface area (Å²) in [6.07, 6.45) is 0. The Hall–Kier alpha value is -1.67. The Morgan fingerprint density at radius 1 is 0.750 bits per heavy atom. The van der Waals surface area contributed by atoms with Crippen LogP contribution in [0.2, 0.25) is 0 Å². The molecule has 0 saturated carbocycles. The van der Waals surface area contributed by atoms with Gasteiger partial charge in [-0.05, 0) is 49.9 Å². The van der Waals surface area contributed by atoms with Crippen molar-refractivity contribution >= 4 is 0 Å². The van der Waals surface area contributed by atoms with Gasteiger partial charge in [0.05, 0.1) is 0 Å². The number of nitrogens with one attached hydrogen (secondary N) is 1. The minimum Gasteiger partial charge on any atom is -0.309 e. The highest BCUT2D eigenvalue weighted by Gasteiger charge is 2.04. The van der Waals surface area contributed by atoms with Gasteiger partial charge in [0.15, 0.2) is 0 Å². The van der Waals surface area contributed by atoms with Crippen LogP contribution in [0, 0.1) is 33.5 Å². The van der Waals surface area contributed by atoms with Gasteiger partial charge in [-0.2, -0.15) is 0 Å². The maximum absolute atomic E-state index is 13.6. The molecule has 0 aromatic heterocycles. The molecule has 0 fully saturated rings. The van der Waals surface area contributed by atoms with Gasteiger partial charge in [0.25, 0.3) is 0 Å². The largest absolute Gasteiger partial charge is 0.309 e. The van der Waals surface area contributed by atoms with E-state index in [2.05, 4.69) is 37.4 Å². The van der Waals surface area contributed by atoms with Gasteiger partial charge in [0, 0.05) is 13.1 Å². The van der Waals surface area contributed by atoms with Gasteiger partial charge in [-0.1, -0.05) is 41.5 Å². The van der Waals surface area contributed by atoms with Crippen molar-refractivity contribution in [2.75, 3.05) is 0 Å². The average molecular weight is 271 g/mol. The van der Waals surface area contributed by atoms with Crippen LogP contribution in [-0.2, 0) is 13.1 Å². The van der Waals surface area contributed by atoms with Crippen LogP contribution >= 0.6 is 0 Å². The molecule has 20 heavy (non-hydrogen) atoms. The summed E-state index contributed by atoms with van der Waals surface area (Å²) in [6, 6.07) is 10.4. The van der Waals surface area contributed by atoms with Crippen LogP contribution in [0.1, 0.15) is 33.4 Å². The SMILES string of the molecule is Cc1cc(C)cc(CNCc2cc(C)c(F)c(C)c2)c1. The van der Waals surface area contributed by atoms with E-state index in [1.165, 1.54) is 16.7 Å². The Balaban J connectivity index is 1.99. The van der Waals surface area contributed by atoms with Crippen molar-refractivity contribution in [3.63, 3.8) is 0 Å². The van der Waals surface area contributed by atoms with Crippen LogP contribution in [0.3, 0.4) is 0 Å². The second kappa shape index (κ2) is 6.19. The zero-order valence-corrected chi connectivity index (χ0v) is 12.7. The molecule has 0 aliphatic carbocycles. The molecule has 2 aromatic rings. The highest BCUT2D eigenvalue weighted by molar-refractivity contribution is 5.31. The monoisotopic (exact) mass is 271 g/mol. The van der Waals surface area contributed by atoms with Crippen LogP contribution in [0.5, 0.6) is 0 Å². The lowest BCUT2D eigenvalue weighted by Crippen LogP contribution is -2.13. The maximum Gasteiger partial charge on any atom is 0.129 e. The Labute approximate surface area is 120 Å². The summed E-state index contributed by atoms with van der Waals surface area (Å²) in [4.78, 5) is 0. The van der Waals surface area contributed by atoms with Crippen LogP contribution in [-0.4, -0.2) is 0 Å². The fourth-order valence-corrected chi connectivity index (χ4v) is 2.66. The van der Waals surface area contributed by atoms with Crippen LogP contribution in [0.4, 0.5) is 4.39 Å². The van der Waals surface area contributed by atoms with E-state index in [1.54, 1.807) is 0 Å². The van der Waals surface area contributed by atoms with Gasteiger partial charge in [-0.3, -0.25) is 0 Å². The summed E-state index contributed by atoms with van der Waals surface area (Å²) in [5.41, 5.74) is 6.43. The third-order valence-electron chi connectivity index (χ3n) is 3.44. The van der Waals surface area contributed by atoms with Crippen LogP contribution in [0.15, 0.2) is 30.3 Å². The fraction of sp³-hybridized carbons (Fsp3) is 0.333. The molecule has 0 atom stereocenters. The van der Waals surface area contributed by atoms with Crippen molar-refractivity contribution in [3.8, 4) is 0 Å². The smallest absolute Gasteiger partial charge is 0.129 e. The number of hydrogen-bond acceptors (Lipinski definition) is 1. The predicted octanol–water partition coefficient (Wildman–Crippen LogP) is 4.35. The first-order chi connectivity index (χ1) is 9.45. The number of benzene rings is 2. The van der Waals surface area contributed by atoms with Gasteiger partial charge >= 0.3 is 0 Å². The third kappa shape index (κ3) is 3.67. The average Bonchev–Trinajstić information content (AvgIpc) is 2.34. The lowest BCUT2D eigenvalue weighted by atomic mass is 10.1. The molecule has 1 N–H and O–H groups in total. The van der Waals surface area contributed by atoms with Crippen molar-refractivity contribution in [2.24, 2.45) is 0 Å². The van der Waals surface area contributed by atoms with Crippen LogP contribution < -0.4 is 5.32 Å². The lowest BCUT2D eigenvalue weighted by molar-refractivity contribution is 0.606. The minimum atomic E-state index is -0.0944. The summed E-state index contributed by atoms with van der Waals surface area (Å²) in [7, 11) is 0. The fourth-order valence-electron chi connectivity index (χ4n) is 2.66. The molecule has 0 aliphatic heterocycles. The molecule has 0 radical (unpaired) electrons. The van der Waals surface area contributed by atoms with Crippen molar-refractivity contribution < 1.29 is 4.39 Å². The first-order valence-electron chi connectivity index (χ1n) is 6.99. The van der Waals surface area contributed by atoms with E-state index in [-0.39, 0.29) is 5.82 Å². The Morgan fingerprint density at radius 2 is 1.20 bits per heavy atom. The number of hydrogen-bond donors (Lipinski definition) is 1. The first-order valence-corrected chi connectivity index (χ1v) is 6.99. The number of aryl methyl sites for hydroxylation is 4. The molecule has 0 spiro atoms. The quantitative estimate of drug-likeness (QED) is 0.871. The molecule has 106 valence electrons. The zero-order valence-electron chi connectivity index (χ0n) is 12.7. The molecule has 0 saturated heterocycles. The molecule has 0 heterocycles. The van der Waals surface area contributed by atoms with Gasteiger partial charge in [0.1, 0.15) is 5.82 Å². The molecule has 2 aromatic carbocycles. The molecule has 0 unspecified atom stereocenters. The predicted molar refractivity (Wildman–Crippen MR) is 82.3 cm³/mol. The number of rotatable bonds is 4. The van der Waals surface area contributed by atoms with E-state index in [9.17, 15) is 4.39 Å². The van der Waals surface area contributed by atoms with Crippen molar-refractivity contribution in [1.82, 2.24) is 5.32 Å². The highest BCUT2D eigenvalue weighted by Crippen LogP contribution is 2.15. The normalized spacial score (nSPS) is 10.8. The topological polar surface area (TPSA) is 12.0 Å². The molecule has 0 amide bonds. The van der Waals surface area contributed by atoms with E-state index < -0.39 is 0 Å². The van der Waals surface area contributed by atoms with E-state index >= 15 is 0 Å². The minimum absolute atomic E-state index is 0.0944. The molecule has 2 heteroatoms. The Morgan fingerprint density at radius 3 is 1.70 bits per heavy atom. The molecule has 2 rings (SSSR count). The molecule has 0 bridgehead atoms. The van der Waals surface area contributed by atoms with Gasteiger partial charge in [-0.25, -0.2) is 4.39 Å². The molecular formula is C18H22FN. The van der Waals surface area contributed by atoms with Crippen molar-refractivity contribution in [2.45, 2.75) is 40.8 Å². The number of halogens is 1. The van der Waals surface area contributed by atoms with E-state index in [0.717, 1.165) is 18.7 Å². The molecule has 0 aliphatic rings. The first kappa shape index (κ1) is 14.7.